The number of likely N-dealkylation sites (N-methyl/N-ethyl adjacent to an activating group) is 1. The number of benzene rings is 1. The molecule has 2 aliphatic rings. The van der Waals surface area contributed by atoms with Crippen LogP contribution in [-0.4, -0.2) is 69.2 Å². The van der Waals surface area contributed by atoms with E-state index in [1.54, 1.807) is 21.7 Å². The molecule has 1 N–H and O–H groups in total. The van der Waals surface area contributed by atoms with Gasteiger partial charge >= 0.3 is 0 Å². The van der Waals surface area contributed by atoms with Gasteiger partial charge in [-0.1, -0.05) is 11.3 Å². The summed E-state index contributed by atoms with van der Waals surface area (Å²) in [5.41, 5.74) is 3.04. The molecule has 2 aliphatic heterocycles. The molecule has 0 radical (unpaired) electrons. The Labute approximate surface area is 162 Å². The van der Waals surface area contributed by atoms with E-state index in [0.29, 0.717) is 18.5 Å². The SMILES string of the molecule is CN(C)CCc1cn(-c2cccc3c2CN(C2CCC(=O)NC2=O)C3=O)nn1. The van der Waals surface area contributed by atoms with Gasteiger partial charge in [0.2, 0.25) is 11.8 Å². The number of aromatic nitrogens is 3. The van der Waals surface area contributed by atoms with Gasteiger partial charge in [0.1, 0.15) is 6.04 Å². The highest BCUT2D eigenvalue weighted by Gasteiger charge is 2.40. The van der Waals surface area contributed by atoms with Gasteiger partial charge in [0.25, 0.3) is 5.91 Å². The standard InChI is InChI=1S/C19H22N6O3/c1-23(2)9-8-12-10-25(22-21-12)15-5-3-4-13-14(15)11-24(19(13)28)16-6-7-17(26)20-18(16)27/h3-5,10,16H,6-9,11H2,1-2H3,(H,20,26,27). The van der Waals surface area contributed by atoms with Gasteiger partial charge in [0.05, 0.1) is 17.6 Å². The van der Waals surface area contributed by atoms with Gasteiger partial charge in [-0.05, 0) is 32.6 Å². The summed E-state index contributed by atoms with van der Waals surface area (Å²) in [7, 11) is 4.01. The summed E-state index contributed by atoms with van der Waals surface area (Å²) >= 11 is 0. The van der Waals surface area contributed by atoms with Crippen LogP contribution in [0.1, 0.15) is 34.5 Å². The van der Waals surface area contributed by atoms with Crippen LogP contribution >= 0.6 is 0 Å². The Balaban J connectivity index is 1.60. The van der Waals surface area contributed by atoms with Crippen molar-refractivity contribution in [3.8, 4) is 5.69 Å². The number of nitrogens with one attached hydrogen (secondary N) is 1. The lowest BCUT2D eigenvalue weighted by Crippen LogP contribution is -2.52. The van der Waals surface area contributed by atoms with Crippen molar-refractivity contribution in [2.45, 2.75) is 31.8 Å². The fraction of sp³-hybridized carbons (Fsp3) is 0.421. The number of hydrogen-bond acceptors (Lipinski definition) is 6. The second kappa shape index (κ2) is 7.16. The maximum atomic E-state index is 12.9. The van der Waals surface area contributed by atoms with Crippen LogP contribution < -0.4 is 5.32 Å². The number of amides is 3. The fourth-order valence-corrected chi connectivity index (χ4v) is 3.65. The zero-order chi connectivity index (χ0) is 19.8. The lowest BCUT2D eigenvalue weighted by Gasteiger charge is -2.29. The number of rotatable bonds is 5. The Kier molecular flexibility index (Phi) is 4.68. The summed E-state index contributed by atoms with van der Waals surface area (Å²) in [5.74, 6) is -0.899. The lowest BCUT2D eigenvalue weighted by atomic mass is 10.0. The maximum absolute atomic E-state index is 12.9. The van der Waals surface area contributed by atoms with Crippen LogP contribution in [0.4, 0.5) is 0 Å². The number of imide groups is 1. The quantitative estimate of drug-likeness (QED) is 0.738. The number of piperidine rings is 1. The molecule has 0 aliphatic carbocycles. The smallest absolute Gasteiger partial charge is 0.255 e. The molecular formula is C19H22N6O3. The van der Waals surface area contributed by atoms with E-state index in [1.165, 1.54) is 0 Å². The molecule has 9 heteroatoms. The molecular weight excluding hydrogens is 360 g/mol. The van der Waals surface area contributed by atoms with E-state index >= 15 is 0 Å². The second-order valence-electron chi connectivity index (χ2n) is 7.41. The molecule has 1 saturated heterocycles. The van der Waals surface area contributed by atoms with E-state index in [4.69, 9.17) is 0 Å². The van der Waals surface area contributed by atoms with E-state index in [-0.39, 0.29) is 18.2 Å². The molecule has 1 aromatic heterocycles. The zero-order valence-corrected chi connectivity index (χ0v) is 15.9. The molecule has 0 spiro atoms. The van der Waals surface area contributed by atoms with Crippen LogP contribution in [-0.2, 0) is 22.6 Å². The van der Waals surface area contributed by atoms with Gasteiger partial charge < -0.3 is 9.80 Å². The second-order valence-corrected chi connectivity index (χ2v) is 7.41. The van der Waals surface area contributed by atoms with E-state index in [0.717, 1.165) is 29.9 Å². The first-order valence-electron chi connectivity index (χ1n) is 9.27. The first kappa shape index (κ1) is 18.3. The number of nitrogens with zero attached hydrogens (tertiary/aromatic N) is 5. The predicted molar refractivity (Wildman–Crippen MR) is 99.7 cm³/mol. The van der Waals surface area contributed by atoms with Crippen molar-refractivity contribution in [3.63, 3.8) is 0 Å². The lowest BCUT2D eigenvalue weighted by molar-refractivity contribution is -0.136. The maximum Gasteiger partial charge on any atom is 0.255 e. The number of hydrogen-bond donors (Lipinski definition) is 1. The van der Waals surface area contributed by atoms with Crippen LogP contribution in [0, 0.1) is 0 Å². The Morgan fingerprint density at radius 1 is 1.25 bits per heavy atom. The summed E-state index contributed by atoms with van der Waals surface area (Å²) in [6.07, 6.45) is 3.24. The molecule has 1 atom stereocenters. The zero-order valence-electron chi connectivity index (χ0n) is 15.9. The molecule has 0 saturated carbocycles. The largest absolute Gasteiger partial charge is 0.322 e. The minimum atomic E-state index is -0.628. The topological polar surface area (TPSA) is 100 Å². The average molecular weight is 382 g/mol. The van der Waals surface area contributed by atoms with Crippen LogP contribution in [0.3, 0.4) is 0 Å². The highest BCUT2D eigenvalue weighted by Crippen LogP contribution is 2.31. The molecule has 9 nitrogen and oxygen atoms in total. The van der Waals surface area contributed by atoms with E-state index < -0.39 is 11.9 Å². The monoisotopic (exact) mass is 382 g/mol. The summed E-state index contributed by atoms with van der Waals surface area (Å²) in [6.45, 7) is 1.18. The van der Waals surface area contributed by atoms with Crippen molar-refractivity contribution in [1.82, 2.24) is 30.1 Å². The highest BCUT2D eigenvalue weighted by molar-refractivity contribution is 6.05. The number of carbonyl (C=O) groups excluding carboxylic acids is 3. The molecule has 0 bridgehead atoms. The predicted octanol–water partition coefficient (Wildman–Crippen LogP) is 0.132. The molecule has 1 fully saturated rings. The van der Waals surface area contributed by atoms with E-state index in [2.05, 4.69) is 20.5 Å². The minimum Gasteiger partial charge on any atom is -0.322 e. The molecule has 3 amide bonds. The molecule has 4 rings (SSSR count). The molecule has 1 aromatic carbocycles. The molecule has 2 aromatic rings. The Morgan fingerprint density at radius 3 is 2.82 bits per heavy atom. The third kappa shape index (κ3) is 3.29. The Hall–Kier alpha value is -3.07. The van der Waals surface area contributed by atoms with Crippen molar-refractivity contribution in [2.75, 3.05) is 20.6 Å². The van der Waals surface area contributed by atoms with Crippen LogP contribution in [0.15, 0.2) is 24.4 Å². The van der Waals surface area contributed by atoms with Gasteiger partial charge in [0.15, 0.2) is 0 Å². The summed E-state index contributed by atoms with van der Waals surface area (Å²) in [6, 6.07) is 4.83. The highest BCUT2D eigenvalue weighted by atomic mass is 16.2. The average Bonchev–Trinajstić information content (AvgIpc) is 3.25. The van der Waals surface area contributed by atoms with Crippen molar-refractivity contribution in [3.05, 3.63) is 41.2 Å². The van der Waals surface area contributed by atoms with E-state index in [1.807, 2.05) is 26.4 Å². The normalized spacial score (nSPS) is 19.3. The fourth-order valence-electron chi connectivity index (χ4n) is 3.65. The summed E-state index contributed by atoms with van der Waals surface area (Å²) in [4.78, 5) is 40.1. The summed E-state index contributed by atoms with van der Waals surface area (Å²) < 4.78 is 1.69. The van der Waals surface area contributed by atoms with Gasteiger partial charge in [-0.15, -0.1) is 5.10 Å². The molecule has 28 heavy (non-hydrogen) atoms. The van der Waals surface area contributed by atoms with Gasteiger partial charge in [0, 0.05) is 37.1 Å². The van der Waals surface area contributed by atoms with Crippen LogP contribution in [0.2, 0.25) is 0 Å². The number of fused-ring (bicyclic) bond motifs is 1. The van der Waals surface area contributed by atoms with Gasteiger partial charge in [-0.2, -0.15) is 0 Å². The van der Waals surface area contributed by atoms with Crippen molar-refractivity contribution in [1.29, 1.82) is 0 Å². The molecule has 146 valence electrons. The first-order chi connectivity index (χ1) is 13.4. The molecule has 3 heterocycles. The van der Waals surface area contributed by atoms with Crippen molar-refractivity contribution < 1.29 is 14.4 Å². The third-order valence-corrected chi connectivity index (χ3v) is 5.16. The minimum absolute atomic E-state index is 0.195. The van der Waals surface area contributed by atoms with Gasteiger partial charge in [-0.3, -0.25) is 19.7 Å². The van der Waals surface area contributed by atoms with Crippen LogP contribution in [0.25, 0.3) is 5.69 Å². The van der Waals surface area contributed by atoms with Crippen molar-refractivity contribution in [2.24, 2.45) is 0 Å². The Morgan fingerprint density at radius 2 is 2.07 bits per heavy atom. The van der Waals surface area contributed by atoms with Gasteiger partial charge in [-0.25, -0.2) is 4.68 Å². The molecule has 1 unspecified atom stereocenters. The first-order valence-corrected chi connectivity index (χ1v) is 9.27. The van der Waals surface area contributed by atoms with E-state index in [9.17, 15) is 14.4 Å². The third-order valence-electron chi connectivity index (χ3n) is 5.16. The van der Waals surface area contributed by atoms with Crippen LogP contribution in [0.5, 0.6) is 0 Å². The Bertz CT molecular complexity index is 951. The summed E-state index contributed by atoms with van der Waals surface area (Å²) in [5, 5.41) is 10.8. The van der Waals surface area contributed by atoms with Crippen molar-refractivity contribution >= 4 is 17.7 Å². The number of carbonyl (C=O) groups is 3.